The van der Waals surface area contributed by atoms with Gasteiger partial charge >= 0.3 is 12.0 Å². The number of nitrogens with one attached hydrogen (secondary N) is 1. The standard InChI is InChI=1S/C10H12BrN3O4S/c11-7-4-12-9(19-7)13-10(17)14-1-2-18-5-6(14)3-8(15)16/h4,6H,1-3,5H2,(H,15,16)(H,12,13,17). The summed E-state index contributed by atoms with van der Waals surface area (Å²) in [5, 5.41) is 11.9. The van der Waals surface area contributed by atoms with Crippen molar-refractivity contribution in [1.29, 1.82) is 0 Å². The maximum Gasteiger partial charge on any atom is 0.324 e. The Kier molecular flexibility index (Phi) is 4.72. The quantitative estimate of drug-likeness (QED) is 0.864. The normalized spacial score (nSPS) is 19.2. The van der Waals surface area contributed by atoms with Crippen LogP contribution in [0.2, 0.25) is 0 Å². The van der Waals surface area contributed by atoms with Crippen LogP contribution in [0.3, 0.4) is 0 Å². The van der Waals surface area contributed by atoms with Crippen LogP contribution in [-0.4, -0.2) is 52.8 Å². The first-order chi connectivity index (χ1) is 9.06. The van der Waals surface area contributed by atoms with E-state index in [1.165, 1.54) is 16.2 Å². The third-order valence-corrected chi connectivity index (χ3v) is 3.98. The molecule has 0 saturated carbocycles. The average molecular weight is 350 g/mol. The highest BCUT2D eigenvalue weighted by atomic mass is 79.9. The average Bonchev–Trinajstić information content (AvgIpc) is 2.74. The summed E-state index contributed by atoms with van der Waals surface area (Å²) in [6, 6.07) is -0.800. The van der Waals surface area contributed by atoms with Crippen LogP contribution in [-0.2, 0) is 9.53 Å². The second kappa shape index (κ2) is 6.31. The van der Waals surface area contributed by atoms with Crippen LogP contribution in [0.4, 0.5) is 9.93 Å². The van der Waals surface area contributed by atoms with E-state index in [2.05, 4.69) is 26.2 Å². The summed E-state index contributed by atoms with van der Waals surface area (Å²) in [5.74, 6) is -0.953. The van der Waals surface area contributed by atoms with Crippen molar-refractivity contribution in [1.82, 2.24) is 9.88 Å². The highest BCUT2D eigenvalue weighted by molar-refractivity contribution is 9.11. The van der Waals surface area contributed by atoms with Crippen LogP contribution in [0.1, 0.15) is 6.42 Å². The minimum Gasteiger partial charge on any atom is -0.481 e. The second-order valence-electron chi connectivity index (χ2n) is 3.92. The Bertz CT molecular complexity index is 481. The Morgan fingerprint density at radius 2 is 2.47 bits per heavy atom. The fraction of sp³-hybridized carbons (Fsp3) is 0.500. The first kappa shape index (κ1) is 14.2. The molecule has 19 heavy (non-hydrogen) atoms. The van der Waals surface area contributed by atoms with Crippen molar-refractivity contribution in [2.45, 2.75) is 12.5 Å². The van der Waals surface area contributed by atoms with Crippen LogP contribution in [0, 0.1) is 0 Å². The zero-order valence-corrected chi connectivity index (χ0v) is 12.2. The van der Waals surface area contributed by atoms with Crippen molar-refractivity contribution in [3.8, 4) is 0 Å². The molecule has 1 aromatic rings. The van der Waals surface area contributed by atoms with Gasteiger partial charge in [0.15, 0.2) is 5.13 Å². The van der Waals surface area contributed by atoms with Gasteiger partial charge in [-0.15, -0.1) is 0 Å². The molecule has 2 amide bonds. The van der Waals surface area contributed by atoms with E-state index < -0.39 is 12.0 Å². The van der Waals surface area contributed by atoms with E-state index in [0.717, 1.165) is 3.79 Å². The summed E-state index contributed by atoms with van der Waals surface area (Å²) >= 11 is 4.55. The van der Waals surface area contributed by atoms with Crippen LogP contribution in [0.5, 0.6) is 0 Å². The van der Waals surface area contributed by atoms with Crippen molar-refractivity contribution in [3.63, 3.8) is 0 Å². The lowest BCUT2D eigenvalue weighted by Gasteiger charge is -2.34. The summed E-state index contributed by atoms with van der Waals surface area (Å²) in [6.07, 6.45) is 1.46. The molecule has 9 heteroatoms. The number of aliphatic carboxylic acids is 1. The van der Waals surface area contributed by atoms with E-state index in [1.54, 1.807) is 6.20 Å². The van der Waals surface area contributed by atoms with Gasteiger partial charge in [0, 0.05) is 6.54 Å². The second-order valence-corrected chi connectivity index (χ2v) is 6.33. The summed E-state index contributed by atoms with van der Waals surface area (Å²) in [5.41, 5.74) is 0. The number of carboxylic acids is 1. The first-order valence-corrected chi connectivity index (χ1v) is 7.15. The van der Waals surface area contributed by atoms with Gasteiger partial charge in [-0.2, -0.15) is 0 Å². The van der Waals surface area contributed by atoms with Crippen molar-refractivity contribution < 1.29 is 19.4 Å². The molecule has 2 N–H and O–H groups in total. The van der Waals surface area contributed by atoms with Gasteiger partial charge in [-0.25, -0.2) is 9.78 Å². The van der Waals surface area contributed by atoms with E-state index in [9.17, 15) is 9.59 Å². The zero-order chi connectivity index (χ0) is 13.8. The predicted octanol–water partition coefficient (Wildman–Crippen LogP) is 1.61. The van der Waals surface area contributed by atoms with Crippen molar-refractivity contribution in [2.75, 3.05) is 25.1 Å². The Balaban J connectivity index is 2.00. The number of anilines is 1. The number of halogens is 1. The number of urea groups is 1. The van der Waals surface area contributed by atoms with Gasteiger partial charge in [-0.05, 0) is 15.9 Å². The third kappa shape index (κ3) is 3.88. The molecule has 0 radical (unpaired) electrons. The molecular formula is C10H12BrN3O4S. The fourth-order valence-electron chi connectivity index (χ4n) is 1.77. The van der Waals surface area contributed by atoms with Crippen LogP contribution < -0.4 is 5.32 Å². The van der Waals surface area contributed by atoms with Gasteiger partial charge in [0.25, 0.3) is 0 Å². The molecule has 1 saturated heterocycles. The Morgan fingerprint density at radius 3 is 3.11 bits per heavy atom. The molecule has 0 aromatic carbocycles. The Hall–Kier alpha value is -1.19. The highest BCUT2D eigenvalue weighted by Crippen LogP contribution is 2.24. The summed E-state index contributed by atoms with van der Waals surface area (Å²) in [4.78, 5) is 28.3. The smallest absolute Gasteiger partial charge is 0.324 e. The topological polar surface area (TPSA) is 91.8 Å². The van der Waals surface area contributed by atoms with Crippen molar-refractivity contribution in [3.05, 3.63) is 9.98 Å². The first-order valence-electron chi connectivity index (χ1n) is 5.55. The van der Waals surface area contributed by atoms with Crippen LogP contribution in [0.25, 0.3) is 0 Å². The van der Waals surface area contributed by atoms with Gasteiger partial charge in [-0.3, -0.25) is 10.1 Å². The number of carbonyl (C=O) groups excluding carboxylic acids is 1. The Labute approximate surface area is 121 Å². The number of ether oxygens (including phenoxy) is 1. The van der Waals surface area contributed by atoms with Gasteiger partial charge in [0.2, 0.25) is 0 Å². The van der Waals surface area contributed by atoms with Gasteiger partial charge in [-0.1, -0.05) is 11.3 Å². The largest absolute Gasteiger partial charge is 0.481 e. The number of carbonyl (C=O) groups is 2. The minimum absolute atomic E-state index is 0.130. The molecule has 0 spiro atoms. The number of morpholine rings is 1. The number of carboxylic acid groups (broad SMARTS) is 1. The molecule has 1 atom stereocenters. The molecular weight excluding hydrogens is 338 g/mol. The molecule has 0 bridgehead atoms. The third-order valence-electron chi connectivity index (χ3n) is 2.59. The number of hydrogen-bond acceptors (Lipinski definition) is 5. The molecule has 2 rings (SSSR count). The zero-order valence-electron chi connectivity index (χ0n) is 9.84. The molecule has 1 aromatic heterocycles. The van der Waals surface area contributed by atoms with E-state index in [1.807, 2.05) is 0 Å². The molecule has 1 aliphatic heterocycles. The van der Waals surface area contributed by atoms with E-state index in [-0.39, 0.29) is 19.1 Å². The summed E-state index contributed by atoms with van der Waals surface area (Å²) < 4.78 is 6.02. The minimum atomic E-state index is -0.953. The maximum absolute atomic E-state index is 12.1. The monoisotopic (exact) mass is 349 g/mol. The number of nitrogens with zero attached hydrogens (tertiary/aromatic N) is 2. The van der Waals surface area contributed by atoms with E-state index >= 15 is 0 Å². The van der Waals surface area contributed by atoms with Crippen LogP contribution in [0.15, 0.2) is 9.98 Å². The lowest BCUT2D eigenvalue weighted by molar-refractivity contribution is -0.139. The summed E-state index contributed by atoms with van der Waals surface area (Å²) in [7, 11) is 0. The molecule has 1 aliphatic rings. The lowest BCUT2D eigenvalue weighted by Crippen LogP contribution is -2.51. The van der Waals surface area contributed by atoms with Crippen molar-refractivity contribution >= 4 is 44.4 Å². The number of aromatic nitrogens is 1. The maximum atomic E-state index is 12.1. The highest BCUT2D eigenvalue weighted by Gasteiger charge is 2.29. The van der Waals surface area contributed by atoms with Gasteiger partial charge < -0.3 is 14.7 Å². The Morgan fingerprint density at radius 1 is 1.68 bits per heavy atom. The summed E-state index contributed by atoms with van der Waals surface area (Å²) in [6.45, 7) is 1.02. The number of hydrogen-bond donors (Lipinski definition) is 2. The van der Waals surface area contributed by atoms with E-state index in [0.29, 0.717) is 18.3 Å². The molecule has 1 unspecified atom stereocenters. The van der Waals surface area contributed by atoms with Gasteiger partial charge in [0.1, 0.15) is 0 Å². The fourth-order valence-corrected chi connectivity index (χ4v) is 2.86. The molecule has 2 heterocycles. The van der Waals surface area contributed by atoms with E-state index in [4.69, 9.17) is 9.84 Å². The number of amides is 2. The number of thiazole rings is 1. The lowest BCUT2D eigenvalue weighted by atomic mass is 10.1. The molecule has 1 fully saturated rings. The molecule has 7 nitrogen and oxygen atoms in total. The SMILES string of the molecule is O=C(O)CC1COCCN1C(=O)Nc1ncc(Br)s1. The van der Waals surface area contributed by atoms with Gasteiger partial charge in [0.05, 0.1) is 35.7 Å². The molecule has 104 valence electrons. The molecule has 0 aliphatic carbocycles. The number of rotatable bonds is 3. The van der Waals surface area contributed by atoms with Crippen molar-refractivity contribution in [2.24, 2.45) is 0 Å². The van der Waals surface area contributed by atoms with Crippen LogP contribution >= 0.6 is 27.3 Å². The predicted molar refractivity (Wildman–Crippen MR) is 72.4 cm³/mol.